The van der Waals surface area contributed by atoms with Gasteiger partial charge in [-0.25, -0.2) is 0 Å². The van der Waals surface area contributed by atoms with E-state index < -0.39 is 11.5 Å². The molecule has 0 aromatic carbocycles. The molecule has 2 N–H and O–H groups in total. The fraction of sp³-hybridized carbons (Fsp3) is 0.929. The summed E-state index contributed by atoms with van der Waals surface area (Å²) in [5.41, 5.74) is 6.60. The molecule has 2 heterocycles. The van der Waals surface area contributed by atoms with Crippen LogP contribution in [0, 0.1) is 5.92 Å². The summed E-state index contributed by atoms with van der Waals surface area (Å²) in [5, 5.41) is 16.1. The Morgan fingerprint density at radius 2 is 2.00 bits per heavy atom. The molecule has 2 saturated heterocycles. The first-order chi connectivity index (χ1) is 10.6. The topological polar surface area (TPSA) is 117 Å². The number of carboxylic acid groups (broad SMARTS) is 1. The van der Waals surface area contributed by atoms with Crippen molar-refractivity contribution in [1.29, 1.82) is 0 Å². The Labute approximate surface area is 136 Å². The summed E-state index contributed by atoms with van der Waals surface area (Å²) in [6.45, 7) is 8.73. The molecule has 0 radical (unpaired) electrons. The molecule has 8 nitrogen and oxygen atoms in total. The summed E-state index contributed by atoms with van der Waals surface area (Å²) < 4.78 is 11.9. The predicted molar refractivity (Wildman–Crippen MR) is 86.0 cm³/mol. The van der Waals surface area contributed by atoms with E-state index in [1.165, 1.54) is 0 Å². The van der Waals surface area contributed by atoms with Crippen LogP contribution in [0.4, 0.5) is 0 Å². The summed E-state index contributed by atoms with van der Waals surface area (Å²) in [5.74, 6) is -1.29. The van der Waals surface area contributed by atoms with Gasteiger partial charge in [0.25, 0.3) is 0 Å². The third-order valence-electron chi connectivity index (χ3n) is 5.35. The van der Waals surface area contributed by atoms with E-state index in [9.17, 15) is 9.90 Å². The van der Waals surface area contributed by atoms with Gasteiger partial charge in [-0.1, -0.05) is 11.5 Å². The second-order valence-corrected chi connectivity index (χ2v) is 7.36. The summed E-state index contributed by atoms with van der Waals surface area (Å²) in [7, 11) is -0.284. The van der Waals surface area contributed by atoms with Gasteiger partial charge in [0.15, 0.2) is 5.54 Å². The number of azide groups is 1. The first-order valence-electron chi connectivity index (χ1n) is 8.01. The molecule has 2 atom stereocenters. The molecule has 0 aromatic heterocycles. The molecular weight excluding hydrogens is 299 g/mol. The molecule has 2 rings (SSSR count). The van der Waals surface area contributed by atoms with Crippen molar-refractivity contribution in [1.82, 2.24) is 5.32 Å². The molecule has 2 fully saturated rings. The lowest BCUT2D eigenvalue weighted by atomic mass is 9.78. The highest BCUT2D eigenvalue weighted by molar-refractivity contribution is 6.45. The SMILES string of the molecule is CC1(C)OB(CCCC2CNCC2(N=[N+]=[N-])C(=O)O)OC1(C)C. The molecule has 128 valence electrons. The minimum atomic E-state index is -1.38. The molecule has 0 amide bonds. The first kappa shape index (κ1) is 18.1. The smallest absolute Gasteiger partial charge is 0.457 e. The van der Waals surface area contributed by atoms with Gasteiger partial charge in [0.05, 0.1) is 11.2 Å². The maximum Gasteiger partial charge on any atom is 0.457 e. The Morgan fingerprint density at radius 3 is 2.52 bits per heavy atom. The Hall–Kier alpha value is -1.28. The molecule has 0 aromatic rings. The molecule has 23 heavy (non-hydrogen) atoms. The number of nitrogens with one attached hydrogen (secondary N) is 1. The average molecular weight is 324 g/mol. The van der Waals surface area contributed by atoms with Crippen LogP contribution in [0.15, 0.2) is 5.11 Å². The third kappa shape index (κ3) is 3.33. The van der Waals surface area contributed by atoms with Crippen molar-refractivity contribution >= 4 is 13.1 Å². The van der Waals surface area contributed by atoms with Crippen molar-refractivity contribution in [3.8, 4) is 0 Å². The van der Waals surface area contributed by atoms with Crippen molar-refractivity contribution in [2.75, 3.05) is 13.1 Å². The fourth-order valence-electron chi connectivity index (χ4n) is 3.19. The highest BCUT2D eigenvalue weighted by Gasteiger charge is 2.51. The highest BCUT2D eigenvalue weighted by Crippen LogP contribution is 2.39. The zero-order valence-electron chi connectivity index (χ0n) is 14.2. The van der Waals surface area contributed by atoms with Gasteiger partial charge in [0, 0.05) is 11.5 Å². The zero-order chi connectivity index (χ0) is 17.3. The van der Waals surface area contributed by atoms with Gasteiger partial charge in [0.1, 0.15) is 0 Å². The van der Waals surface area contributed by atoms with Crippen molar-refractivity contribution in [3.63, 3.8) is 0 Å². The average Bonchev–Trinajstić information content (AvgIpc) is 2.90. The monoisotopic (exact) mass is 324 g/mol. The number of carboxylic acids is 1. The summed E-state index contributed by atoms with van der Waals surface area (Å²) in [6, 6.07) is 0. The van der Waals surface area contributed by atoms with Crippen LogP contribution in [0.5, 0.6) is 0 Å². The maximum atomic E-state index is 11.6. The molecule has 0 aliphatic carbocycles. The number of carbonyl (C=O) groups is 1. The maximum absolute atomic E-state index is 11.6. The van der Waals surface area contributed by atoms with E-state index in [1.54, 1.807) is 0 Å². The van der Waals surface area contributed by atoms with E-state index in [-0.39, 0.29) is 30.8 Å². The van der Waals surface area contributed by atoms with Crippen molar-refractivity contribution in [2.45, 2.75) is 63.6 Å². The van der Waals surface area contributed by atoms with E-state index in [4.69, 9.17) is 14.8 Å². The Kier molecular flexibility index (Phi) is 4.96. The van der Waals surface area contributed by atoms with Crippen LogP contribution in [0.25, 0.3) is 10.4 Å². The summed E-state index contributed by atoms with van der Waals surface area (Å²) >= 11 is 0. The van der Waals surface area contributed by atoms with E-state index in [0.717, 1.165) is 6.42 Å². The largest absolute Gasteiger partial charge is 0.481 e. The van der Waals surface area contributed by atoms with E-state index in [1.807, 2.05) is 27.7 Å². The zero-order valence-corrected chi connectivity index (χ0v) is 14.2. The summed E-state index contributed by atoms with van der Waals surface area (Å²) in [6.07, 6.45) is 2.08. The minimum absolute atomic E-state index is 0.174. The predicted octanol–water partition coefficient (Wildman–Crippen LogP) is 2.21. The molecule has 0 bridgehead atoms. The molecule has 0 saturated carbocycles. The van der Waals surface area contributed by atoms with Crippen LogP contribution in [0.3, 0.4) is 0 Å². The van der Waals surface area contributed by atoms with Crippen molar-refractivity contribution in [3.05, 3.63) is 10.4 Å². The van der Waals surface area contributed by atoms with Gasteiger partial charge in [-0.3, -0.25) is 4.79 Å². The minimum Gasteiger partial charge on any atom is -0.481 e. The normalized spacial score (nSPS) is 31.8. The van der Waals surface area contributed by atoms with E-state index >= 15 is 0 Å². The van der Waals surface area contributed by atoms with Crippen molar-refractivity contribution in [2.24, 2.45) is 11.0 Å². The third-order valence-corrected chi connectivity index (χ3v) is 5.35. The van der Waals surface area contributed by atoms with Gasteiger partial charge < -0.3 is 19.7 Å². The lowest BCUT2D eigenvalue weighted by Crippen LogP contribution is -2.44. The lowest BCUT2D eigenvalue weighted by molar-refractivity contribution is -0.144. The Morgan fingerprint density at radius 1 is 1.39 bits per heavy atom. The van der Waals surface area contributed by atoms with E-state index in [2.05, 4.69) is 15.3 Å². The molecule has 9 heteroatoms. The van der Waals surface area contributed by atoms with Crippen LogP contribution in [-0.2, 0) is 14.1 Å². The van der Waals surface area contributed by atoms with Crippen LogP contribution < -0.4 is 5.32 Å². The van der Waals surface area contributed by atoms with Crippen LogP contribution in [0.2, 0.25) is 6.32 Å². The number of hydrogen-bond acceptors (Lipinski definition) is 5. The van der Waals surface area contributed by atoms with Crippen LogP contribution >= 0.6 is 0 Å². The van der Waals surface area contributed by atoms with Gasteiger partial charge in [-0.05, 0) is 58.4 Å². The quantitative estimate of drug-likeness (QED) is 0.336. The molecule has 2 unspecified atom stereocenters. The molecule has 0 spiro atoms. The van der Waals surface area contributed by atoms with Crippen LogP contribution in [-0.4, -0.2) is 48.0 Å². The van der Waals surface area contributed by atoms with Gasteiger partial charge >= 0.3 is 13.1 Å². The van der Waals surface area contributed by atoms with Gasteiger partial charge in [-0.15, -0.1) is 0 Å². The standard InChI is InChI=1S/C14H25BN4O4/c1-12(2)13(3,4)23-15(22-12)7-5-6-10-8-17-9-14(10,11(20)21)18-19-16/h10,17H,5-9H2,1-4H3,(H,20,21). The molecule has 2 aliphatic heterocycles. The highest BCUT2D eigenvalue weighted by atomic mass is 16.7. The fourth-order valence-corrected chi connectivity index (χ4v) is 3.19. The van der Waals surface area contributed by atoms with E-state index in [0.29, 0.717) is 19.3 Å². The van der Waals surface area contributed by atoms with Crippen LogP contribution in [0.1, 0.15) is 40.5 Å². The molecule has 2 aliphatic rings. The second-order valence-electron chi connectivity index (χ2n) is 7.36. The number of rotatable bonds is 6. The second kappa shape index (κ2) is 6.32. The first-order valence-corrected chi connectivity index (χ1v) is 8.01. The number of aliphatic carboxylic acids is 1. The Bertz CT molecular complexity index is 501. The van der Waals surface area contributed by atoms with Gasteiger partial charge in [-0.2, -0.15) is 0 Å². The Balaban J connectivity index is 1.92. The summed E-state index contributed by atoms with van der Waals surface area (Å²) in [4.78, 5) is 14.3. The lowest BCUT2D eigenvalue weighted by Gasteiger charge is -2.32. The van der Waals surface area contributed by atoms with Crippen molar-refractivity contribution < 1.29 is 19.2 Å². The van der Waals surface area contributed by atoms with Gasteiger partial charge in [0.2, 0.25) is 0 Å². The number of nitrogens with zero attached hydrogens (tertiary/aromatic N) is 3. The number of hydrogen-bond donors (Lipinski definition) is 2. The molecular formula is C14H25BN4O4.